The molecule has 12 heavy (non-hydrogen) atoms. The second kappa shape index (κ2) is 2.92. The number of alkyl halides is 3. The third-order valence-corrected chi connectivity index (χ3v) is 2.19. The molecule has 0 N–H and O–H groups in total. The van der Waals surface area contributed by atoms with Gasteiger partial charge in [-0.25, -0.2) is 12.7 Å². The minimum atomic E-state index is -5.15. The monoisotopic (exact) mass is 205 g/mol. The number of amides is 1. The van der Waals surface area contributed by atoms with Crippen molar-refractivity contribution in [2.75, 3.05) is 13.3 Å². The number of halogens is 3. The van der Waals surface area contributed by atoms with Crippen LogP contribution in [0.25, 0.3) is 0 Å². The Kier molecular flexibility index (Phi) is 2.73. The van der Waals surface area contributed by atoms with Crippen LogP contribution in [0.1, 0.15) is 0 Å². The van der Waals surface area contributed by atoms with Crippen molar-refractivity contribution < 1.29 is 26.4 Å². The first-order valence-electron chi connectivity index (χ1n) is 2.62. The maximum Gasteiger partial charge on any atom is 0.472 e. The molecule has 0 radical (unpaired) electrons. The number of sulfonamides is 1. The highest BCUT2D eigenvalue weighted by atomic mass is 32.2. The number of hydrogen-bond acceptors (Lipinski definition) is 3. The number of rotatable bonds is 1. The lowest BCUT2D eigenvalue weighted by Gasteiger charge is -2.15. The first kappa shape index (κ1) is 11.2. The van der Waals surface area contributed by atoms with E-state index in [4.69, 9.17) is 0 Å². The maximum absolute atomic E-state index is 11.6. The maximum atomic E-state index is 11.6. The summed E-state index contributed by atoms with van der Waals surface area (Å²) in [5, 5.41) is 0. The lowest BCUT2D eigenvalue weighted by Crippen LogP contribution is -2.41. The zero-order chi connectivity index (χ0) is 10.2. The van der Waals surface area contributed by atoms with Crippen molar-refractivity contribution in [1.29, 1.82) is 0 Å². The molecule has 0 heterocycles. The van der Waals surface area contributed by atoms with Crippen LogP contribution in [-0.2, 0) is 14.8 Å². The molecular weight excluding hydrogens is 199 g/mol. The third-order valence-electron chi connectivity index (χ3n) is 1.03. The molecule has 0 saturated heterocycles. The highest BCUT2D eigenvalue weighted by molar-refractivity contribution is 7.88. The SMILES string of the molecule is CN(C(=O)C(F)(F)F)S(C)(=O)=O. The summed E-state index contributed by atoms with van der Waals surface area (Å²) < 4.78 is 55.2. The molecule has 0 saturated carbocycles. The van der Waals surface area contributed by atoms with Gasteiger partial charge < -0.3 is 0 Å². The smallest absolute Gasteiger partial charge is 0.263 e. The molecule has 0 fully saturated rings. The molecule has 0 rings (SSSR count). The molecule has 0 bridgehead atoms. The van der Waals surface area contributed by atoms with Gasteiger partial charge in [0, 0.05) is 7.05 Å². The van der Waals surface area contributed by atoms with Crippen molar-refractivity contribution in [2.24, 2.45) is 0 Å². The Morgan fingerprint density at radius 1 is 1.33 bits per heavy atom. The van der Waals surface area contributed by atoms with E-state index in [2.05, 4.69) is 0 Å². The van der Waals surface area contributed by atoms with E-state index in [0.29, 0.717) is 13.3 Å². The summed E-state index contributed by atoms with van der Waals surface area (Å²) in [6, 6.07) is 0. The number of carbonyl (C=O) groups is 1. The van der Waals surface area contributed by atoms with E-state index in [0.717, 1.165) is 0 Å². The summed E-state index contributed by atoms with van der Waals surface area (Å²) >= 11 is 0. The predicted molar refractivity (Wildman–Crippen MR) is 33.7 cm³/mol. The summed E-state index contributed by atoms with van der Waals surface area (Å²) in [4.78, 5) is 10.2. The fourth-order valence-electron chi connectivity index (χ4n) is 0.329. The molecule has 0 unspecified atom stereocenters. The molecule has 0 aliphatic heterocycles. The fraction of sp³-hybridized carbons (Fsp3) is 0.750. The van der Waals surface area contributed by atoms with Gasteiger partial charge in [-0.2, -0.15) is 13.2 Å². The Balaban J connectivity index is 4.77. The van der Waals surface area contributed by atoms with Crippen LogP contribution in [0.5, 0.6) is 0 Å². The van der Waals surface area contributed by atoms with Crippen LogP contribution in [0.15, 0.2) is 0 Å². The number of carbonyl (C=O) groups excluding carboxylic acids is 1. The highest BCUT2D eigenvalue weighted by Crippen LogP contribution is 2.18. The molecule has 4 nitrogen and oxygen atoms in total. The van der Waals surface area contributed by atoms with Crippen molar-refractivity contribution in [1.82, 2.24) is 4.31 Å². The zero-order valence-electron chi connectivity index (χ0n) is 6.21. The molecule has 1 amide bonds. The van der Waals surface area contributed by atoms with Crippen LogP contribution < -0.4 is 0 Å². The summed E-state index contributed by atoms with van der Waals surface area (Å²) in [6.45, 7) is 0. The minimum Gasteiger partial charge on any atom is -0.263 e. The third kappa shape index (κ3) is 2.68. The second-order valence-corrected chi connectivity index (χ2v) is 4.05. The Bertz CT molecular complexity index is 280. The molecule has 0 atom stereocenters. The van der Waals surface area contributed by atoms with Gasteiger partial charge in [0.25, 0.3) is 0 Å². The Labute approximate surface area is 67.0 Å². The van der Waals surface area contributed by atoms with Gasteiger partial charge in [-0.1, -0.05) is 0 Å². The van der Waals surface area contributed by atoms with Crippen LogP contribution in [0.4, 0.5) is 13.2 Å². The summed E-state index contributed by atoms with van der Waals surface area (Å²) in [5.41, 5.74) is 0. The summed E-state index contributed by atoms with van der Waals surface area (Å²) in [6.07, 6.45) is -4.64. The number of nitrogens with zero attached hydrogens (tertiary/aromatic N) is 1. The average Bonchev–Trinajstić information content (AvgIpc) is 1.80. The second-order valence-electron chi connectivity index (χ2n) is 2.03. The van der Waals surface area contributed by atoms with E-state index >= 15 is 0 Å². The van der Waals surface area contributed by atoms with Crippen LogP contribution >= 0.6 is 0 Å². The molecule has 8 heteroatoms. The molecule has 0 spiro atoms. The Morgan fingerprint density at radius 2 is 1.67 bits per heavy atom. The van der Waals surface area contributed by atoms with Gasteiger partial charge in [0.05, 0.1) is 6.26 Å². The largest absolute Gasteiger partial charge is 0.472 e. The van der Waals surface area contributed by atoms with E-state index in [9.17, 15) is 26.4 Å². The van der Waals surface area contributed by atoms with Gasteiger partial charge in [-0.15, -0.1) is 0 Å². The first-order chi connectivity index (χ1) is 5.07. The molecule has 0 aliphatic carbocycles. The zero-order valence-corrected chi connectivity index (χ0v) is 7.03. The standard InChI is InChI=1S/C4H6F3NO3S/c1-8(12(2,10)11)3(9)4(5,6)7/h1-2H3. The van der Waals surface area contributed by atoms with Gasteiger partial charge in [-0.05, 0) is 0 Å². The first-order valence-corrected chi connectivity index (χ1v) is 4.46. The predicted octanol–water partition coefficient (Wildman–Crippen LogP) is -0.0333. The molecule has 0 aliphatic rings. The number of hydrogen-bond donors (Lipinski definition) is 0. The van der Waals surface area contributed by atoms with E-state index in [1.165, 1.54) is 0 Å². The highest BCUT2D eigenvalue weighted by Gasteiger charge is 2.43. The van der Waals surface area contributed by atoms with Crippen molar-refractivity contribution in [3.8, 4) is 0 Å². The Hall–Kier alpha value is -0.790. The van der Waals surface area contributed by atoms with E-state index in [-0.39, 0.29) is 4.31 Å². The molecule has 0 aromatic heterocycles. The van der Waals surface area contributed by atoms with Gasteiger partial charge in [0.2, 0.25) is 10.0 Å². The topological polar surface area (TPSA) is 54.5 Å². The van der Waals surface area contributed by atoms with Gasteiger partial charge in [0.1, 0.15) is 0 Å². The van der Waals surface area contributed by atoms with Crippen molar-refractivity contribution >= 4 is 15.9 Å². The quantitative estimate of drug-likeness (QED) is 0.603. The van der Waals surface area contributed by atoms with E-state index in [1.807, 2.05) is 0 Å². The summed E-state index contributed by atoms with van der Waals surface area (Å²) in [5.74, 6) is -2.40. The molecular formula is C4H6F3NO3S. The lowest BCUT2D eigenvalue weighted by atomic mass is 10.6. The van der Waals surface area contributed by atoms with Crippen LogP contribution in [0, 0.1) is 0 Å². The average molecular weight is 205 g/mol. The van der Waals surface area contributed by atoms with Crippen molar-refractivity contribution in [3.63, 3.8) is 0 Å². The minimum absolute atomic E-state index is 0.354. The van der Waals surface area contributed by atoms with Crippen molar-refractivity contribution in [3.05, 3.63) is 0 Å². The van der Waals surface area contributed by atoms with E-state index < -0.39 is 22.1 Å². The van der Waals surface area contributed by atoms with Crippen LogP contribution in [0.2, 0.25) is 0 Å². The molecule has 0 aromatic rings. The van der Waals surface area contributed by atoms with Crippen molar-refractivity contribution in [2.45, 2.75) is 6.18 Å². The van der Waals surface area contributed by atoms with Crippen LogP contribution in [0.3, 0.4) is 0 Å². The van der Waals surface area contributed by atoms with Crippen LogP contribution in [-0.4, -0.2) is 38.1 Å². The Morgan fingerprint density at radius 3 is 1.75 bits per heavy atom. The normalized spacial score (nSPS) is 12.8. The van der Waals surface area contributed by atoms with Gasteiger partial charge >= 0.3 is 12.1 Å². The summed E-state index contributed by atoms with van der Waals surface area (Å²) in [7, 11) is -3.57. The fourth-order valence-corrected chi connectivity index (χ4v) is 0.734. The van der Waals surface area contributed by atoms with Gasteiger partial charge in [0.15, 0.2) is 0 Å². The van der Waals surface area contributed by atoms with Gasteiger partial charge in [-0.3, -0.25) is 4.79 Å². The molecule has 0 aromatic carbocycles. The molecule has 72 valence electrons. The lowest BCUT2D eigenvalue weighted by molar-refractivity contribution is -0.179. The van der Waals surface area contributed by atoms with E-state index in [1.54, 1.807) is 0 Å².